The Morgan fingerprint density at radius 2 is 1.72 bits per heavy atom. The zero-order valence-electron chi connectivity index (χ0n) is 17.1. The summed E-state index contributed by atoms with van der Waals surface area (Å²) in [6.07, 6.45) is 0. The zero-order valence-corrected chi connectivity index (χ0v) is 17.1. The summed E-state index contributed by atoms with van der Waals surface area (Å²) in [6, 6.07) is 15.2. The molecule has 2 aromatic rings. The van der Waals surface area contributed by atoms with Crippen LogP contribution in [-0.2, 0) is 16.1 Å². The summed E-state index contributed by atoms with van der Waals surface area (Å²) in [5.41, 5.74) is 3.04. The van der Waals surface area contributed by atoms with Gasteiger partial charge in [0.05, 0.1) is 12.2 Å². The van der Waals surface area contributed by atoms with Gasteiger partial charge in [0.2, 0.25) is 0 Å². The van der Waals surface area contributed by atoms with E-state index in [2.05, 4.69) is 36.1 Å². The van der Waals surface area contributed by atoms with Crippen LogP contribution in [0.4, 0.5) is 0 Å². The summed E-state index contributed by atoms with van der Waals surface area (Å²) in [6.45, 7) is 8.23. The number of ether oxygens (including phenoxy) is 2. The monoisotopic (exact) mass is 396 g/mol. The number of carbonyl (C=O) groups is 2. The Balaban J connectivity index is 1.42. The molecule has 1 aliphatic rings. The summed E-state index contributed by atoms with van der Waals surface area (Å²) >= 11 is 0. The van der Waals surface area contributed by atoms with Crippen LogP contribution in [-0.4, -0.2) is 61.1 Å². The first kappa shape index (κ1) is 20.9. The fourth-order valence-corrected chi connectivity index (χ4v) is 3.36. The van der Waals surface area contributed by atoms with Crippen molar-refractivity contribution < 1.29 is 19.1 Å². The lowest BCUT2D eigenvalue weighted by atomic mass is 10.1. The molecular formula is C23H28N2O4. The minimum atomic E-state index is -0.362. The molecule has 29 heavy (non-hydrogen) atoms. The molecule has 154 valence electrons. The molecule has 0 atom stereocenters. The predicted octanol–water partition coefficient (Wildman–Crippen LogP) is 2.89. The molecule has 1 saturated heterocycles. The Kier molecular flexibility index (Phi) is 7.25. The van der Waals surface area contributed by atoms with E-state index in [4.69, 9.17) is 9.47 Å². The average Bonchev–Trinajstić information content (AvgIpc) is 2.73. The van der Waals surface area contributed by atoms with Crippen molar-refractivity contribution in [1.29, 1.82) is 0 Å². The number of hydrogen-bond acceptors (Lipinski definition) is 5. The first-order chi connectivity index (χ1) is 14.0. The zero-order chi connectivity index (χ0) is 20.6. The maximum atomic E-state index is 12.4. The van der Waals surface area contributed by atoms with E-state index in [9.17, 15) is 9.59 Å². The van der Waals surface area contributed by atoms with Gasteiger partial charge in [-0.05, 0) is 43.7 Å². The molecule has 1 heterocycles. The van der Waals surface area contributed by atoms with Gasteiger partial charge in [-0.2, -0.15) is 0 Å². The van der Waals surface area contributed by atoms with Crippen molar-refractivity contribution in [3.63, 3.8) is 0 Å². The highest BCUT2D eigenvalue weighted by Gasteiger charge is 2.21. The maximum absolute atomic E-state index is 12.4. The minimum absolute atomic E-state index is 0.00334. The fraction of sp³-hybridized carbons (Fsp3) is 0.391. The largest absolute Gasteiger partial charge is 0.484 e. The van der Waals surface area contributed by atoms with Gasteiger partial charge in [0, 0.05) is 32.7 Å². The van der Waals surface area contributed by atoms with Crippen LogP contribution in [0.15, 0.2) is 48.5 Å². The molecule has 0 N–H and O–H groups in total. The fourth-order valence-electron chi connectivity index (χ4n) is 3.36. The van der Waals surface area contributed by atoms with E-state index >= 15 is 0 Å². The molecule has 0 spiro atoms. The van der Waals surface area contributed by atoms with Gasteiger partial charge in [-0.25, -0.2) is 4.79 Å². The second kappa shape index (κ2) is 10.1. The molecule has 0 unspecified atom stereocenters. The van der Waals surface area contributed by atoms with Crippen molar-refractivity contribution in [3.8, 4) is 5.75 Å². The Labute approximate surface area is 172 Å². The minimum Gasteiger partial charge on any atom is -0.484 e. The van der Waals surface area contributed by atoms with E-state index in [0.717, 1.165) is 19.6 Å². The average molecular weight is 396 g/mol. The summed E-state index contributed by atoms with van der Waals surface area (Å²) < 4.78 is 10.5. The second-order valence-electron chi connectivity index (χ2n) is 7.18. The summed E-state index contributed by atoms with van der Waals surface area (Å²) in [5.74, 6) is 0.179. The van der Waals surface area contributed by atoms with Crippen LogP contribution in [0.3, 0.4) is 0 Å². The van der Waals surface area contributed by atoms with Crippen molar-refractivity contribution in [2.75, 3.05) is 39.4 Å². The molecule has 6 heteroatoms. The van der Waals surface area contributed by atoms with Gasteiger partial charge in [0.15, 0.2) is 6.61 Å². The first-order valence-electron chi connectivity index (χ1n) is 10.0. The number of aryl methyl sites for hydroxylation is 1. The third-order valence-electron chi connectivity index (χ3n) is 4.94. The lowest BCUT2D eigenvalue weighted by molar-refractivity contribution is -0.135. The van der Waals surface area contributed by atoms with Crippen molar-refractivity contribution in [1.82, 2.24) is 9.80 Å². The highest BCUT2D eigenvalue weighted by Crippen LogP contribution is 2.14. The maximum Gasteiger partial charge on any atom is 0.338 e. The Morgan fingerprint density at radius 1 is 1.00 bits per heavy atom. The number of esters is 1. The standard InChI is InChI=1S/C23H28N2O4/c1-3-28-23(27)20-7-9-21(10-8-20)29-17-22(26)25-13-11-24(12-14-25)16-19-6-4-5-18(2)15-19/h4-10,15H,3,11-14,16-17H2,1-2H3. The van der Waals surface area contributed by atoms with Gasteiger partial charge in [0.1, 0.15) is 5.75 Å². The van der Waals surface area contributed by atoms with Gasteiger partial charge in [-0.15, -0.1) is 0 Å². The van der Waals surface area contributed by atoms with Crippen LogP contribution in [0.2, 0.25) is 0 Å². The Morgan fingerprint density at radius 3 is 2.38 bits per heavy atom. The molecule has 1 aliphatic heterocycles. The lowest BCUT2D eigenvalue weighted by Gasteiger charge is -2.34. The molecule has 6 nitrogen and oxygen atoms in total. The second-order valence-corrected chi connectivity index (χ2v) is 7.18. The van der Waals surface area contributed by atoms with Crippen molar-refractivity contribution in [3.05, 3.63) is 65.2 Å². The van der Waals surface area contributed by atoms with E-state index < -0.39 is 0 Å². The molecule has 0 radical (unpaired) electrons. The van der Waals surface area contributed by atoms with Gasteiger partial charge in [0.25, 0.3) is 5.91 Å². The summed E-state index contributed by atoms with van der Waals surface area (Å²) in [7, 11) is 0. The molecule has 0 aliphatic carbocycles. The SMILES string of the molecule is CCOC(=O)c1ccc(OCC(=O)N2CCN(Cc3cccc(C)c3)CC2)cc1. The van der Waals surface area contributed by atoms with Crippen LogP contribution in [0.1, 0.15) is 28.4 Å². The van der Waals surface area contributed by atoms with Gasteiger partial charge >= 0.3 is 5.97 Å². The van der Waals surface area contributed by atoms with E-state index in [1.807, 2.05) is 4.90 Å². The third kappa shape index (κ3) is 6.06. The Hall–Kier alpha value is -2.86. The van der Waals surface area contributed by atoms with Crippen LogP contribution >= 0.6 is 0 Å². The quantitative estimate of drug-likeness (QED) is 0.674. The molecule has 1 amide bonds. The number of amides is 1. The highest BCUT2D eigenvalue weighted by atomic mass is 16.5. The number of hydrogen-bond donors (Lipinski definition) is 0. The number of carbonyl (C=O) groups excluding carboxylic acids is 2. The molecule has 2 aromatic carbocycles. The first-order valence-corrected chi connectivity index (χ1v) is 10.0. The number of nitrogens with zero attached hydrogens (tertiary/aromatic N) is 2. The molecule has 0 bridgehead atoms. The number of rotatable bonds is 7. The van der Waals surface area contributed by atoms with E-state index in [1.54, 1.807) is 31.2 Å². The van der Waals surface area contributed by atoms with Crippen LogP contribution < -0.4 is 4.74 Å². The number of benzene rings is 2. The molecule has 3 rings (SSSR count). The van der Waals surface area contributed by atoms with Crippen molar-refractivity contribution in [2.24, 2.45) is 0 Å². The molecule has 0 saturated carbocycles. The number of piperazine rings is 1. The smallest absolute Gasteiger partial charge is 0.338 e. The van der Waals surface area contributed by atoms with Crippen LogP contribution in [0.25, 0.3) is 0 Å². The normalized spacial score (nSPS) is 14.5. The van der Waals surface area contributed by atoms with Crippen molar-refractivity contribution in [2.45, 2.75) is 20.4 Å². The van der Waals surface area contributed by atoms with Gasteiger partial charge in [-0.3, -0.25) is 9.69 Å². The Bertz CT molecular complexity index is 827. The lowest BCUT2D eigenvalue weighted by Crippen LogP contribution is -2.49. The molecule has 0 aromatic heterocycles. The topological polar surface area (TPSA) is 59.1 Å². The summed E-state index contributed by atoms with van der Waals surface area (Å²) in [5, 5.41) is 0. The predicted molar refractivity (Wildman–Crippen MR) is 111 cm³/mol. The molecular weight excluding hydrogens is 368 g/mol. The van der Waals surface area contributed by atoms with Crippen molar-refractivity contribution >= 4 is 11.9 Å². The third-order valence-corrected chi connectivity index (χ3v) is 4.94. The van der Waals surface area contributed by atoms with E-state index in [0.29, 0.717) is 31.0 Å². The molecule has 1 fully saturated rings. The van der Waals surface area contributed by atoms with Crippen LogP contribution in [0, 0.1) is 6.92 Å². The van der Waals surface area contributed by atoms with E-state index in [1.165, 1.54) is 11.1 Å². The highest BCUT2D eigenvalue weighted by molar-refractivity contribution is 5.89. The van der Waals surface area contributed by atoms with Gasteiger partial charge < -0.3 is 14.4 Å². The van der Waals surface area contributed by atoms with Gasteiger partial charge in [-0.1, -0.05) is 29.8 Å². The van der Waals surface area contributed by atoms with E-state index in [-0.39, 0.29) is 18.5 Å². The summed E-state index contributed by atoms with van der Waals surface area (Å²) in [4.78, 5) is 28.3. The van der Waals surface area contributed by atoms with Crippen LogP contribution in [0.5, 0.6) is 5.75 Å².